The van der Waals surface area contributed by atoms with Crippen molar-refractivity contribution in [1.29, 1.82) is 0 Å². The van der Waals surface area contributed by atoms with Gasteiger partial charge in [-0.25, -0.2) is 0 Å². The molecule has 0 aliphatic rings. The molecule has 0 saturated heterocycles. The van der Waals surface area contributed by atoms with E-state index in [0.29, 0.717) is 0 Å². The van der Waals surface area contributed by atoms with Gasteiger partial charge in [0, 0.05) is 0 Å². The second kappa shape index (κ2) is 3.16. The van der Waals surface area contributed by atoms with Crippen LogP contribution in [-0.2, 0) is 0 Å². The molecule has 7 heavy (non-hydrogen) atoms. The van der Waals surface area contributed by atoms with Crippen LogP contribution in [0.5, 0.6) is 0 Å². The van der Waals surface area contributed by atoms with E-state index in [2.05, 4.69) is 83.5 Å². The van der Waals surface area contributed by atoms with Crippen molar-refractivity contribution in [2.75, 3.05) is 0 Å². The minimum absolute atomic E-state index is 2.58. The standard InChI is InChI=1S/Ce.6HI/h;6*1H/q+6;;;;;;/p-6. The molecule has 0 aliphatic carbocycles. The topological polar surface area (TPSA) is 0 Å². The molecule has 0 saturated carbocycles. The number of halogens is 6. The normalized spacial score (nSPS) is 23.1. The summed E-state index contributed by atoms with van der Waals surface area (Å²) in [5, 5.41) is 0. The van der Waals surface area contributed by atoms with E-state index in [1.165, 1.54) is 0 Å². The molecule has 46 valence electrons. The van der Waals surface area contributed by atoms with Gasteiger partial charge < -0.3 is 0 Å². The van der Waals surface area contributed by atoms with Crippen LogP contribution >= 0.6 is 83.5 Å². The summed E-state index contributed by atoms with van der Waals surface area (Å²) in [7, 11) is 0. The van der Waals surface area contributed by atoms with Gasteiger partial charge in [0.25, 0.3) is 0 Å². The fourth-order valence-electron chi connectivity index (χ4n) is 0. The summed E-state index contributed by atoms with van der Waals surface area (Å²) in [5.74, 6) is 0. The zero-order valence-electron chi connectivity index (χ0n) is 2.77. The zero-order chi connectivity index (χ0) is 6.41. The molecule has 0 radical (unpaired) electrons. The zero-order valence-corrected chi connectivity index (χ0v) is 18.9. The van der Waals surface area contributed by atoms with Gasteiger partial charge in [0.15, 0.2) is 0 Å². The maximum atomic E-state index is 2.59. The van der Waals surface area contributed by atoms with Crippen LogP contribution in [-0.4, -0.2) is 0 Å². The molecular weight excluding hydrogens is 902 g/mol. The van der Waals surface area contributed by atoms with E-state index >= 15 is 0 Å². The van der Waals surface area contributed by atoms with Gasteiger partial charge in [0.2, 0.25) is 0 Å². The third kappa shape index (κ3) is 33.8. The molecule has 0 atom stereocenters. The molecule has 0 aromatic heterocycles. The second-order valence-corrected chi connectivity index (χ2v) is 351. The Hall–Kier alpha value is 5.76. The van der Waals surface area contributed by atoms with E-state index in [-0.39, 0.29) is 0 Å². The van der Waals surface area contributed by atoms with Crippen molar-refractivity contribution in [3.8, 4) is 0 Å². The van der Waals surface area contributed by atoms with Crippen LogP contribution in [0.2, 0.25) is 0 Å². The van der Waals surface area contributed by atoms with Crippen LogP contribution in [0.25, 0.3) is 0 Å². The average Bonchev–Trinajstić information content (AvgIpc) is 0.592. The van der Waals surface area contributed by atoms with Crippen molar-refractivity contribution in [2.45, 2.75) is 0 Å². The van der Waals surface area contributed by atoms with Crippen molar-refractivity contribution in [3.63, 3.8) is 0 Å². The summed E-state index contributed by atoms with van der Waals surface area (Å²) in [6.45, 7) is 0. The number of hydrogen-bond donors (Lipinski definition) is 0. The molecule has 0 bridgehead atoms. The first kappa shape index (κ1) is 12.8. The second-order valence-electron chi connectivity index (χ2n) is 1.07. The Bertz CT molecular complexity index is 62.7. The Morgan fingerprint density at radius 1 is 0.571 bits per heavy atom. The Kier molecular flexibility index (Phi) is 5.75. The Morgan fingerprint density at radius 3 is 0.571 bits per heavy atom. The molecule has 7 heteroatoms. The summed E-state index contributed by atoms with van der Waals surface area (Å²) < 4.78 is -2.58. The first-order valence-electron chi connectivity index (χ1n) is 1.13. The van der Waals surface area contributed by atoms with Gasteiger partial charge in [-0.05, 0) is 0 Å². The van der Waals surface area contributed by atoms with E-state index in [0.717, 1.165) is 0 Å². The SMILES string of the molecule is [I][Ce]([I])([I])([I])([I])[I]. The van der Waals surface area contributed by atoms with Gasteiger partial charge in [-0.1, -0.05) is 0 Å². The van der Waals surface area contributed by atoms with E-state index in [1.54, 1.807) is 0 Å². The summed E-state index contributed by atoms with van der Waals surface area (Å²) >= 11 is 15.5. The van der Waals surface area contributed by atoms with Crippen LogP contribution in [0.1, 0.15) is 0 Å². The predicted octanol–water partition coefficient (Wildman–Crippen LogP) is 5.31. The maximum absolute atomic E-state index is 2.59. The summed E-state index contributed by atoms with van der Waals surface area (Å²) in [6, 6.07) is 0. The van der Waals surface area contributed by atoms with E-state index in [9.17, 15) is 0 Å². The average molecular weight is 902 g/mol. The van der Waals surface area contributed by atoms with Crippen LogP contribution in [0.3, 0.4) is 0 Å². The molecule has 0 nitrogen and oxygen atoms in total. The van der Waals surface area contributed by atoms with Gasteiger partial charge in [-0.2, -0.15) is 0 Å². The van der Waals surface area contributed by atoms with Crippen molar-refractivity contribution >= 4 is 83.5 Å². The fraction of sp³-hybridized carbons (Fsp3) is 0. The molecule has 0 fully saturated rings. The van der Waals surface area contributed by atoms with Crippen LogP contribution in [0.15, 0.2) is 0 Å². The molecular formula is CeI6. The summed E-state index contributed by atoms with van der Waals surface area (Å²) in [5.41, 5.74) is 0. The van der Waals surface area contributed by atoms with Gasteiger partial charge in [-0.3, -0.25) is 0 Å². The van der Waals surface area contributed by atoms with E-state index in [1.807, 2.05) is 0 Å². The first-order valence-corrected chi connectivity index (χ1v) is 55.4. The molecule has 0 amide bonds. The third-order valence-electron chi connectivity index (χ3n) is 0. The van der Waals surface area contributed by atoms with Crippen molar-refractivity contribution < 1.29 is -3.98 Å². The molecule has 0 unspecified atom stereocenters. The van der Waals surface area contributed by atoms with E-state index in [4.69, 9.17) is 0 Å². The number of hydrogen-bond acceptors (Lipinski definition) is 0. The molecule has 0 rings (SSSR count). The molecule has 0 N–H and O–H groups in total. The predicted molar refractivity (Wildman–Crippen MR) is 84.1 cm³/mol. The minimum atomic E-state index is -2.58. The van der Waals surface area contributed by atoms with Gasteiger partial charge in [0.1, 0.15) is 0 Å². The Balaban J connectivity index is 4.43. The molecule has 0 aromatic rings. The monoisotopic (exact) mass is 901 g/mol. The van der Waals surface area contributed by atoms with Gasteiger partial charge >= 0.3 is 79.5 Å². The molecule has 0 aromatic carbocycles. The Morgan fingerprint density at radius 2 is 0.571 bits per heavy atom. The molecule has 0 spiro atoms. The van der Waals surface area contributed by atoms with Crippen molar-refractivity contribution in [3.05, 3.63) is 0 Å². The number of rotatable bonds is 0. The van der Waals surface area contributed by atoms with Crippen LogP contribution < -0.4 is 0 Å². The fourth-order valence-corrected chi connectivity index (χ4v) is 0. The summed E-state index contributed by atoms with van der Waals surface area (Å²) in [4.78, 5) is 0. The molecule has 0 aliphatic heterocycles. The van der Waals surface area contributed by atoms with Crippen LogP contribution in [0.4, 0.5) is 0 Å². The van der Waals surface area contributed by atoms with E-state index < -0.39 is -3.98 Å². The summed E-state index contributed by atoms with van der Waals surface area (Å²) in [6.07, 6.45) is 0. The Labute approximate surface area is 74.0 Å². The third-order valence-corrected chi connectivity index (χ3v) is 0. The first-order chi connectivity index (χ1) is 2.45. The van der Waals surface area contributed by atoms with Crippen LogP contribution in [0, 0.1) is -3.98 Å². The molecule has 0 heterocycles. The quantitative estimate of drug-likeness (QED) is 0.290. The van der Waals surface area contributed by atoms with Crippen molar-refractivity contribution in [1.82, 2.24) is 0 Å². The van der Waals surface area contributed by atoms with Crippen molar-refractivity contribution in [2.24, 2.45) is 0 Å². The van der Waals surface area contributed by atoms with Gasteiger partial charge in [-0.15, -0.1) is 0 Å². The van der Waals surface area contributed by atoms with Gasteiger partial charge in [0.05, 0.1) is 0 Å².